The van der Waals surface area contributed by atoms with Crippen molar-refractivity contribution in [2.45, 2.75) is 38.5 Å². The largest absolute Gasteiger partial charge is 0.309 e. The molecule has 0 spiro atoms. The van der Waals surface area contributed by atoms with Crippen LogP contribution < -0.4 is 4.90 Å². The molecule has 0 N–H and O–H groups in total. The summed E-state index contributed by atoms with van der Waals surface area (Å²) in [5.74, 6) is 0. The molecule has 0 saturated carbocycles. The standard InChI is InChI=1S/C52H39N/c1-51(2)42-27-26-32-16-10-11-21-36(32)49(42)50-40-25-15-13-23-38(40)47(31-45(50)51)53(35-19-6-5-7-20-35)46-30-44-48(39-24-14-12-22-37(39)46)41-28-33-17-8-9-18-34(33)29-43(41)52(44,3)4/h5-31H,1-4H3. The quantitative estimate of drug-likeness (QED) is 0.180. The molecule has 252 valence electrons. The molecule has 11 rings (SSSR count). The second kappa shape index (κ2) is 10.7. The second-order valence-corrected chi connectivity index (χ2v) is 16.1. The molecular weight excluding hydrogens is 639 g/mol. The maximum atomic E-state index is 2.55. The van der Waals surface area contributed by atoms with Crippen LogP contribution in [0.1, 0.15) is 49.9 Å². The highest BCUT2D eigenvalue weighted by molar-refractivity contribution is 6.17. The van der Waals surface area contributed by atoms with E-state index in [0.29, 0.717) is 0 Å². The Bertz CT molecular complexity index is 3000. The van der Waals surface area contributed by atoms with E-state index in [9.17, 15) is 0 Å². The van der Waals surface area contributed by atoms with Crippen molar-refractivity contribution in [1.29, 1.82) is 0 Å². The van der Waals surface area contributed by atoms with E-state index in [2.05, 4.69) is 196 Å². The average Bonchev–Trinajstić information content (AvgIpc) is 3.56. The molecule has 0 atom stereocenters. The minimum absolute atomic E-state index is 0.179. The van der Waals surface area contributed by atoms with Crippen LogP contribution in [0.5, 0.6) is 0 Å². The first kappa shape index (κ1) is 30.4. The first-order valence-electron chi connectivity index (χ1n) is 18.9. The van der Waals surface area contributed by atoms with Crippen molar-refractivity contribution in [3.63, 3.8) is 0 Å². The van der Waals surface area contributed by atoms with Gasteiger partial charge in [0.15, 0.2) is 0 Å². The second-order valence-electron chi connectivity index (χ2n) is 16.1. The minimum Gasteiger partial charge on any atom is -0.309 e. The van der Waals surface area contributed by atoms with Crippen LogP contribution in [0.2, 0.25) is 0 Å². The summed E-state index contributed by atoms with van der Waals surface area (Å²) in [7, 11) is 0. The summed E-state index contributed by atoms with van der Waals surface area (Å²) in [6.07, 6.45) is 0. The molecule has 2 aliphatic carbocycles. The summed E-state index contributed by atoms with van der Waals surface area (Å²) >= 11 is 0. The van der Waals surface area contributed by atoms with Crippen molar-refractivity contribution in [1.82, 2.24) is 0 Å². The monoisotopic (exact) mass is 677 g/mol. The zero-order chi connectivity index (χ0) is 35.6. The highest BCUT2D eigenvalue weighted by Crippen LogP contribution is 2.58. The Morgan fingerprint density at radius 3 is 1.47 bits per heavy atom. The highest BCUT2D eigenvalue weighted by Gasteiger charge is 2.41. The van der Waals surface area contributed by atoms with Gasteiger partial charge >= 0.3 is 0 Å². The number of rotatable bonds is 3. The number of anilines is 3. The van der Waals surface area contributed by atoms with Crippen molar-refractivity contribution < 1.29 is 0 Å². The molecule has 2 aliphatic rings. The Balaban J connectivity index is 1.24. The molecule has 0 unspecified atom stereocenters. The molecular formula is C52H39N. The first-order chi connectivity index (χ1) is 25.8. The Morgan fingerprint density at radius 1 is 0.340 bits per heavy atom. The lowest BCUT2D eigenvalue weighted by Gasteiger charge is -2.32. The number of hydrogen-bond acceptors (Lipinski definition) is 1. The van der Waals surface area contributed by atoms with Crippen LogP contribution in [0.25, 0.3) is 65.3 Å². The summed E-state index contributed by atoms with van der Waals surface area (Å²) in [5.41, 5.74) is 14.2. The van der Waals surface area contributed by atoms with Gasteiger partial charge in [0, 0.05) is 27.3 Å². The van der Waals surface area contributed by atoms with Crippen molar-refractivity contribution >= 4 is 60.2 Å². The van der Waals surface area contributed by atoms with E-state index in [-0.39, 0.29) is 10.8 Å². The Hall–Kier alpha value is -6.18. The molecule has 1 nitrogen and oxygen atoms in total. The van der Waals surface area contributed by atoms with Gasteiger partial charge in [0.25, 0.3) is 0 Å². The van der Waals surface area contributed by atoms with Gasteiger partial charge in [0.2, 0.25) is 0 Å². The smallest absolute Gasteiger partial charge is 0.0543 e. The number of fused-ring (bicyclic) bond motifs is 13. The number of hydrogen-bond donors (Lipinski definition) is 0. The van der Waals surface area contributed by atoms with Crippen molar-refractivity contribution in [2.24, 2.45) is 0 Å². The fourth-order valence-electron chi connectivity index (χ4n) is 9.93. The third-order valence-corrected chi connectivity index (χ3v) is 12.6. The summed E-state index contributed by atoms with van der Waals surface area (Å²) in [6, 6.07) is 61.4. The lowest BCUT2D eigenvalue weighted by molar-refractivity contribution is 0.661. The summed E-state index contributed by atoms with van der Waals surface area (Å²) < 4.78 is 0. The highest BCUT2D eigenvalue weighted by atomic mass is 15.1. The minimum atomic E-state index is -0.180. The molecule has 0 aliphatic heterocycles. The molecule has 0 fully saturated rings. The van der Waals surface area contributed by atoms with E-state index < -0.39 is 0 Å². The van der Waals surface area contributed by atoms with Crippen LogP contribution >= 0.6 is 0 Å². The third-order valence-electron chi connectivity index (χ3n) is 12.6. The maximum absolute atomic E-state index is 2.55. The molecule has 9 aromatic carbocycles. The average molecular weight is 678 g/mol. The lowest BCUT2D eigenvalue weighted by Crippen LogP contribution is -2.18. The zero-order valence-corrected chi connectivity index (χ0v) is 30.5. The fourth-order valence-corrected chi connectivity index (χ4v) is 9.93. The predicted octanol–water partition coefficient (Wildman–Crippen LogP) is 14.4. The van der Waals surface area contributed by atoms with E-state index in [0.717, 1.165) is 5.69 Å². The van der Waals surface area contributed by atoms with E-state index >= 15 is 0 Å². The van der Waals surface area contributed by atoms with Crippen LogP contribution in [0, 0.1) is 0 Å². The molecule has 53 heavy (non-hydrogen) atoms. The fraction of sp³-hybridized carbons (Fsp3) is 0.115. The molecule has 9 aromatic rings. The van der Waals surface area contributed by atoms with E-state index in [1.165, 1.54) is 99.0 Å². The molecule has 1 heteroatoms. The normalized spacial score (nSPS) is 14.7. The van der Waals surface area contributed by atoms with Gasteiger partial charge in [-0.2, -0.15) is 0 Å². The van der Waals surface area contributed by atoms with Crippen LogP contribution in [0.3, 0.4) is 0 Å². The van der Waals surface area contributed by atoms with E-state index in [1.54, 1.807) is 0 Å². The predicted molar refractivity (Wildman–Crippen MR) is 226 cm³/mol. The van der Waals surface area contributed by atoms with Gasteiger partial charge in [0.05, 0.1) is 11.4 Å². The first-order valence-corrected chi connectivity index (χ1v) is 18.9. The maximum Gasteiger partial charge on any atom is 0.0543 e. The summed E-state index contributed by atoms with van der Waals surface area (Å²) in [4.78, 5) is 2.55. The van der Waals surface area contributed by atoms with Crippen LogP contribution in [0.15, 0.2) is 164 Å². The summed E-state index contributed by atoms with van der Waals surface area (Å²) in [5, 5.41) is 10.3. The number of nitrogens with zero attached hydrogens (tertiary/aromatic N) is 1. The van der Waals surface area contributed by atoms with E-state index in [4.69, 9.17) is 0 Å². The number of para-hydroxylation sites is 1. The van der Waals surface area contributed by atoms with Gasteiger partial charge in [-0.15, -0.1) is 0 Å². The van der Waals surface area contributed by atoms with Gasteiger partial charge in [-0.3, -0.25) is 0 Å². The van der Waals surface area contributed by atoms with Crippen LogP contribution in [-0.2, 0) is 10.8 Å². The SMILES string of the molecule is CC1(C)c2cc3ccccc3cc2-c2c1cc(N(c1ccccc1)c1cc3c(c4ccccc14)-c1c(ccc4ccccc14)C3(C)C)c1ccccc21. The topological polar surface area (TPSA) is 3.24 Å². The number of benzene rings is 9. The van der Waals surface area contributed by atoms with Gasteiger partial charge in [0.1, 0.15) is 0 Å². The van der Waals surface area contributed by atoms with Crippen LogP contribution in [0.4, 0.5) is 17.1 Å². The molecule has 0 saturated heterocycles. The molecule has 0 aromatic heterocycles. The van der Waals surface area contributed by atoms with Crippen molar-refractivity contribution in [2.75, 3.05) is 4.90 Å². The van der Waals surface area contributed by atoms with E-state index in [1.807, 2.05) is 0 Å². The van der Waals surface area contributed by atoms with Crippen molar-refractivity contribution in [3.8, 4) is 22.3 Å². The van der Waals surface area contributed by atoms with Crippen LogP contribution in [-0.4, -0.2) is 0 Å². The zero-order valence-electron chi connectivity index (χ0n) is 30.5. The lowest BCUT2D eigenvalue weighted by atomic mass is 9.80. The third kappa shape index (κ3) is 4.08. The van der Waals surface area contributed by atoms with Gasteiger partial charge in [-0.25, -0.2) is 0 Å². The van der Waals surface area contributed by atoms with Gasteiger partial charge in [-0.05, 0) is 113 Å². The van der Waals surface area contributed by atoms with Gasteiger partial charge in [-0.1, -0.05) is 155 Å². The molecule has 0 amide bonds. The van der Waals surface area contributed by atoms with Crippen molar-refractivity contribution in [3.05, 3.63) is 186 Å². The van der Waals surface area contributed by atoms with Gasteiger partial charge < -0.3 is 4.90 Å². The molecule has 0 bridgehead atoms. The Labute approximate surface area is 310 Å². The molecule has 0 radical (unpaired) electrons. The summed E-state index contributed by atoms with van der Waals surface area (Å²) in [6.45, 7) is 9.64. The molecule has 0 heterocycles. The Kier molecular flexibility index (Phi) is 6.14. The Morgan fingerprint density at radius 2 is 0.811 bits per heavy atom.